The van der Waals surface area contributed by atoms with Crippen molar-refractivity contribution < 1.29 is 31.1 Å². The molecule has 1 heterocycles. The minimum absolute atomic E-state index is 0.198. The molecule has 0 aliphatic carbocycles. The van der Waals surface area contributed by atoms with Gasteiger partial charge in [0.2, 0.25) is 0 Å². The molecule has 1 unspecified atom stereocenters. The summed E-state index contributed by atoms with van der Waals surface area (Å²) in [6.45, 7) is 1.90. The zero-order valence-corrected chi connectivity index (χ0v) is 19.8. The van der Waals surface area contributed by atoms with Gasteiger partial charge < -0.3 is 14.5 Å². The van der Waals surface area contributed by atoms with E-state index in [1.165, 1.54) is 11.0 Å². The number of alkyl halides is 3. The topological polar surface area (TPSA) is 90.7 Å². The van der Waals surface area contributed by atoms with Gasteiger partial charge in [0, 0.05) is 37.5 Å². The van der Waals surface area contributed by atoms with Gasteiger partial charge in [-0.05, 0) is 43.3 Å². The molecule has 1 atom stereocenters. The lowest BCUT2D eigenvalue weighted by atomic mass is 10.1. The third-order valence-electron chi connectivity index (χ3n) is 5.36. The second-order valence-electron chi connectivity index (χ2n) is 7.78. The number of halogens is 4. The molecule has 12 heteroatoms. The molecule has 2 aromatic rings. The van der Waals surface area contributed by atoms with Crippen LogP contribution in [0.5, 0.6) is 5.75 Å². The van der Waals surface area contributed by atoms with Gasteiger partial charge in [0.05, 0.1) is 21.7 Å². The second kappa shape index (κ2) is 9.72. The van der Waals surface area contributed by atoms with E-state index in [2.05, 4.69) is 6.07 Å². The average Bonchev–Trinajstić information content (AvgIpc) is 2.77. The summed E-state index contributed by atoms with van der Waals surface area (Å²) in [6, 6.07) is 10.2. The van der Waals surface area contributed by atoms with E-state index in [4.69, 9.17) is 16.3 Å². The molecule has 7 nitrogen and oxygen atoms in total. The quantitative estimate of drug-likeness (QED) is 0.600. The number of ether oxygens (including phenoxy) is 1. The lowest BCUT2D eigenvalue weighted by Crippen LogP contribution is -2.49. The third-order valence-corrected chi connectivity index (χ3v) is 6.71. The third kappa shape index (κ3) is 5.74. The largest absolute Gasteiger partial charge is 0.480 e. The van der Waals surface area contributed by atoms with E-state index in [0.29, 0.717) is 29.4 Å². The van der Waals surface area contributed by atoms with E-state index < -0.39 is 28.0 Å². The van der Waals surface area contributed by atoms with Crippen LogP contribution < -0.4 is 9.64 Å². The fraction of sp³-hybridized carbons (Fsp3) is 0.364. The Kier molecular flexibility index (Phi) is 7.33. The molecule has 0 bridgehead atoms. The van der Waals surface area contributed by atoms with Gasteiger partial charge in [-0.1, -0.05) is 11.6 Å². The van der Waals surface area contributed by atoms with Gasteiger partial charge in [-0.25, -0.2) is 8.42 Å². The van der Waals surface area contributed by atoms with Gasteiger partial charge in [0.25, 0.3) is 5.91 Å². The van der Waals surface area contributed by atoms with E-state index in [1.807, 2.05) is 4.90 Å². The molecule has 1 aliphatic rings. The molecule has 1 fully saturated rings. The van der Waals surface area contributed by atoms with Crippen LogP contribution in [0, 0.1) is 11.3 Å². The molecule has 0 aromatic heterocycles. The smallest absolute Gasteiger partial charge is 0.425 e. The molecule has 0 saturated carbocycles. The van der Waals surface area contributed by atoms with Crippen LogP contribution >= 0.6 is 11.6 Å². The van der Waals surface area contributed by atoms with Crippen molar-refractivity contribution in [2.24, 2.45) is 0 Å². The van der Waals surface area contributed by atoms with Crippen molar-refractivity contribution in [3.63, 3.8) is 0 Å². The van der Waals surface area contributed by atoms with E-state index in [9.17, 15) is 31.6 Å². The number of carbonyl (C=O) groups is 1. The number of hydrogen-bond donors (Lipinski definition) is 0. The minimum Gasteiger partial charge on any atom is -0.480 e. The van der Waals surface area contributed by atoms with E-state index in [-0.39, 0.29) is 29.3 Å². The van der Waals surface area contributed by atoms with Gasteiger partial charge in [-0.3, -0.25) is 4.79 Å². The van der Waals surface area contributed by atoms with E-state index in [0.717, 1.165) is 31.4 Å². The van der Waals surface area contributed by atoms with Crippen molar-refractivity contribution in [1.82, 2.24) is 4.90 Å². The Labute approximate surface area is 200 Å². The highest BCUT2D eigenvalue weighted by atomic mass is 35.5. The predicted octanol–water partition coefficient (Wildman–Crippen LogP) is 3.91. The van der Waals surface area contributed by atoms with Gasteiger partial charge in [0.1, 0.15) is 11.8 Å². The molecule has 34 heavy (non-hydrogen) atoms. The molecule has 2 aromatic carbocycles. The Morgan fingerprint density at radius 3 is 2.35 bits per heavy atom. The number of sulfone groups is 1. The number of amides is 1. The summed E-state index contributed by atoms with van der Waals surface area (Å²) in [5, 5.41) is 9.79. The Morgan fingerprint density at radius 1 is 1.15 bits per heavy atom. The number of nitriles is 1. The number of carbonyl (C=O) groups excluding carboxylic acids is 1. The summed E-state index contributed by atoms with van der Waals surface area (Å²) in [5.41, 5.74) is 0.766. The first-order valence-corrected chi connectivity index (χ1v) is 12.4. The molecular formula is C22H21ClF3N3O4S. The SMILES string of the molecule is CC(Oc1ccc(S(C)(=O)=O)cc1C(=O)N1CCN(c2ccc(Cl)cc2C#N)CC1)C(F)(F)F. The van der Waals surface area contributed by atoms with Gasteiger partial charge in [-0.2, -0.15) is 18.4 Å². The number of rotatable bonds is 5. The first-order valence-electron chi connectivity index (χ1n) is 10.1. The molecular weight excluding hydrogens is 495 g/mol. The summed E-state index contributed by atoms with van der Waals surface area (Å²) in [4.78, 5) is 16.3. The van der Waals surface area contributed by atoms with Crippen LogP contribution in [0.1, 0.15) is 22.8 Å². The molecule has 0 spiro atoms. The number of anilines is 1. The first-order chi connectivity index (χ1) is 15.8. The van der Waals surface area contributed by atoms with E-state index >= 15 is 0 Å². The van der Waals surface area contributed by atoms with Gasteiger partial charge in [0.15, 0.2) is 15.9 Å². The number of hydrogen-bond acceptors (Lipinski definition) is 6. The maximum Gasteiger partial charge on any atom is 0.425 e. The molecule has 182 valence electrons. The van der Waals surface area contributed by atoms with Gasteiger partial charge >= 0.3 is 6.18 Å². The number of nitrogens with zero attached hydrogens (tertiary/aromatic N) is 3. The Balaban J connectivity index is 1.85. The van der Waals surface area contributed by atoms with Crippen LogP contribution in [0.25, 0.3) is 0 Å². The highest BCUT2D eigenvalue weighted by Gasteiger charge is 2.39. The van der Waals surface area contributed by atoms with Crippen molar-refractivity contribution in [1.29, 1.82) is 5.26 Å². The van der Waals surface area contributed by atoms with Crippen LogP contribution in [0.15, 0.2) is 41.3 Å². The van der Waals surface area contributed by atoms with Crippen molar-refractivity contribution in [2.75, 3.05) is 37.3 Å². The minimum atomic E-state index is -4.67. The summed E-state index contributed by atoms with van der Waals surface area (Å²) in [6.07, 6.45) is -5.93. The Morgan fingerprint density at radius 2 is 1.79 bits per heavy atom. The fourth-order valence-corrected chi connectivity index (χ4v) is 4.28. The highest BCUT2D eigenvalue weighted by Crippen LogP contribution is 2.31. The summed E-state index contributed by atoms with van der Waals surface area (Å²) in [7, 11) is -3.72. The summed E-state index contributed by atoms with van der Waals surface area (Å²) in [5.74, 6) is -1.000. The number of piperazine rings is 1. The normalized spacial score (nSPS) is 15.6. The molecule has 1 saturated heterocycles. The standard InChI is InChI=1S/C22H21ClF3N3O4S/c1-14(22(24,25)26)33-20-6-4-17(34(2,31)32)12-18(20)21(30)29-9-7-28(8-10-29)19-5-3-16(23)11-15(19)13-27/h3-6,11-12,14H,7-10H2,1-2H3. The number of benzene rings is 2. The first kappa shape index (κ1) is 25.6. The van der Waals surface area contributed by atoms with Crippen LogP contribution in [0.4, 0.5) is 18.9 Å². The zero-order chi connectivity index (χ0) is 25.3. The second-order valence-corrected chi connectivity index (χ2v) is 10.2. The Hall–Kier alpha value is -2.97. The zero-order valence-electron chi connectivity index (χ0n) is 18.3. The lowest BCUT2D eigenvalue weighted by Gasteiger charge is -2.36. The van der Waals surface area contributed by atoms with Gasteiger partial charge in [-0.15, -0.1) is 0 Å². The lowest BCUT2D eigenvalue weighted by molar-refractivity contribution is -0.189. The van der Waals surface area contributed by atoms with Crippen LogP contribution in [0.2, 0.25) is 5.02 Å². The fourth-order valence-electron chi connectivity index (χ4n) is 3.46. The van der Waals surface area contributed by atoms with Crippen molar-refractivity contribution >= 4 is 33.0 Å². The predicted molar refractivity (Wildman–Crippen MR) is 120 cm³/mol. The summed E-state index contributed by atoms with van der Waals surface area (Å²) < 4.78 is 68.0. The monoisotopic (exact) mass is 515 g/mol. The summed E-state index contributed by atoms with van der Waals surface area (Å²) >= 11 is 5.94. The van der Waals surface area contributed by atoms with Crippen LogP contribution in [-0.2, 0) is 9.84 Å². The van der Waals surface area contributed by atoms with Crippen molar-refractivity contribution in [2.45, 2.75) is 24.1 Å². The maximum absolute atomic E-state index is 13.2. The van der Waals surface area contributed by atoms with Crippen molar-refractivity contribution in [3.05, 3.63) is 52.5 Å². The molecule has 1 amide bonds. The van der Waals surface area contributed by atoms with E-state index in [1.54, 1.807) is 12.1 Å². The highest BCUT2D eigenvalue weighted by molar-refractivity contribution is 7.90. The Bertz CT molecular complexity index is 1240. The van der Waals surface area contributed by atoms with Crippen molar-refractivity contribution in [3.8, 4) is 11.8 Å². The maximum atomic E-state index is 13.2. The molecule has 1 aliphatic heterocycles. The van der Waals surface area contributed by atoms with Crippen LogP contribution in [-0.4, -0.2) is 63.9 Å². The molecule has 0 radical (unpaired) electrons. The average molecular weight is 516 g/mol. The molecule has 3 rings (SSSR count). The molecule has 0 N–H and O–H groups in total. The van der Waals surface area contributed by atoms with Crippen LogP contribution in [0.3, 0.4) is 0 Å².